The van der Waals surface area contributed by atoms with Gasteiger partial charge < -0.3 is 39.7 Å². The molecule has 374 valence electrons. The van der Waals surface area contributed by atoms with Crippen LogP contribution < -0.4 is 21.1 Å². The number of aliphatic imine (C=N–C) groups is 1. The first kappa shape index (κ1) is 52.3. The highest BCUT2D eigenvalue weighted by molar-refractivity contribution is 7.84. The number of likely N-dealkylation sites (tertiary alicyclic amines) is 1. The van der Waals surface area contributed by atoms with Crippen LogP contribution in [0.15, 0.2) is 95.1 Å². The first-order chi connectivity index (χ1) is 32.9. The number of carbonyl (C=O) groups is 5. The van der Waals surface area contributed by atoms with Gasteiger partial charge in [-0.25, -0.2) is 23.7 Å². The van der Waals surface area contributed by atoms with Crippen LogP contribution in [0.5, 0.6) is 5.75 Å². The molecule has 21 nitrogen and oxygen atoms in total. The van der Waals surface area contributed by atoms with E-state index in [-0.39, 0.29) is 32.8 Å². The van der Waals surface area contributed by atoms with Crippen LogP contribution >= 0.6 is 11.3 Å². The van der Waals surface area contributed by atoms with Gasteiger partial charge >= 0.3 is 28.5 Å². The van der Waals surface area contributed by atoms with E-state index in [1.165, 1.54) is 6.92 Å². The minimum atomic E-state index is -4.94. The lowest BCUT2D eigenvalue weighted by atomic mass is 10.0. The van der Waals surface area contributed by atoms with Crippen LogP contribution in [0.25, 0.3) is 0 Å². The van der Waals surface area contributed by atoms with Crippen LogP contribution in [0.1, 0.15) is 88.3 Å². The Morgan fingerprint density at radius 2 is 1.53 bits per heavy atom. The summed E-state index contributed by atoms with van der Waals surface area (Å²) in [6.07, 6.45) is -3.31. The Balaban J connectivity index is 1.29. The summed E-state index contributed by atoms with van der Waals surface area (Å²) in [6, 6.07) is 21.4. The number of hydrogen-bond acceptors (Lipinski definition) is 16. The van der Waals surface area contributed by atoms with E-state index in [2.05, 4.69) is 25.8 Å². The predicted octanol–water partition coefficient (Wildman–Crippen LogP) is 5.53. The Morgan fingerprint density at radius 1 is 0.929 bits per heavy atom. The van der Waals surface area contributed by atoms with E-state index < -0.39 is 88.1 Å². The molecule has 2 saturated heterocycles. The minimum absolute atomic E-state index is 0.0131. The van der Waals surface area contributed by atoms with Crippen molar-refractivity contribution in [2.75, 3.05) is 25.0 Å². The third kappa shape index (κ3) is 13.8. The molecule has 4 atom stereocenters. The second kappa shape index (κ2) is 21.7. The third-order valence-corrected chi connectivity index (χ3v) is 12.3. The average molecular weight is 1010 g/mol. The fourth-order valence-electron chi connectivity index (χ4n) is 7.10. The van der Waals surface area contributed by atoms with Gasteiger partial charge in [0, 0.05) is 23.5 Å². The average Bonchev–Trinajstić information content (AvgIpc) is 3.90. The number of nitrogens with one attached hydrogen (secondary N) is 2. The van der Waals surface area contributed by atoms with Gasteiger partial charge in [0.15, 0.2) is 16.9 Å². The molecule has 4 amide bonds. The Hall–Kier alpha value is -7.11. The summed E-state index contributed by atoms with van der Waals surface area (Å²) in [4.78, 5) is 83.4. The van der Waals surface area contributed by atoms with Crippen molar-refractivity contribution in [1.29, 1.82) is 0 Å². The van der Waals surface area contributed by atoms with Crippen molar-refractivity contribution in [3.63, 3.8) is 0 Å². The normalized spacial score (nSPS) is 18.1. The van der Waals surface area contributed by atoms with E-state index in [1.807, 2.05) is 0 Å². The second-order valence-corrected chi connectivity index (χ2v) is 20.7. The molecule has 0 radical (unpaired) electrons. The number of anilines is 1. The summed E-state index contributed by atoms with van der Waals surface area (Å²) in [5, 5.41) is 9.01. The Morgan fingerprint density at radius 3 is 2.09 bits per heavy atom. The molecular weight excluding hydrogens is 949 g/mol. The van der Waals surface area contributed by atoms with Gasteiger partial charge in [0.25, 0.3) is 17.9 Å². The van der Waals surface area contributed by atoms with Gasteiger partial charge in [0.05, 0.1) is 12.1 Å². The second-order valence-electron chi connectivity index (χ2n) is 18.2. The lowest BCUT2D eigenvalue weighted by molar-refractivity contribution is -0.163. The molecule has 70 heavy (non-hydrogen) atoms. The molecule has 0 spiro atoms. The molecule has 0 bridgehead atoms. The summed E-state index contributed by atoms with van der Waals surface area (Å²) in [5.74, 6) is -2.71. The monoisotopic (exact) mass is 1000 g/mol. The van der Waals surface area contributed by atoms with Gasteiger partial charge in [-0.15, -0.1) is 11.3 Å². The van der Waals surface area contributed by atoms with Crippen molar-refractivity contribution >= 4 is 68.3 Å². The summed E-state index contributed by atoms with van der Waals surface area (Å²) in [5.41, 5.74) is 5.95. The van der Waals surface area contributed by atoms with Crippen LogP contribution in [0.2, 0.25) is 0 Å². The van der Waals surface area contributed by atoms with Gasteiger partial charge in [0.1, 0.15) is 41.1 Å². The first-order valence-corrected chi connectivity index (χ1v) is 24.3. The number of amidine groups is 1. The maximum Gasteiger partial charge on any atom is 0.413 e. The number of hydrogen-bond donors (Lipinski definition) is 4. The minimum Gasteiger partial charge on any atom is -0.489 e. The molecule has 1 aromatic heterocycles. The van der Waals surface area contributed by atoms with Crippen molar-refractivity contribution in [2.24, 2.45) is 15.9 Å². The fraction of sp³-hybridized carbons (Fsp3) is 0.404. The van der Waals surface area contributed by atoms with Crippen molar-refractivity contribution in [3.8, 4) is 5.75 Å². The number of nitrogens with two attached hydrogens (primary N) is 1. The van der Waals surface area contributed by atoms with Crippen LogP contribution in [-0.4, -0.2) is 124 Å². The molecule has 2 unspecified atom stereocenters. The van der Waals surface area contributed by atoms with Crippen LogP contribution in [0, 0.1) is 6.92 Å². The number of esters is 1. The molecule has 3 heterocycles. The zero-order chi connectivity index (χ0) is 51.1. The van der Waals surface area contributed by atoms with Gasteiger partial charge in [-0.3, -0.25) is 24.5 Å². The van der Waals surface area contributed by atoms with Crippen molar-refractivity contribution in [3.05, 3.63) is 112 Å². The fourth-order valence-corrected chi connectivity index (χ4v) is 8.79. The number of ether oxygens (including phenoxy) is 4. The highest BCUT2D eigenvalue weighted by Crippen LogP contribution is 2.29. The lowest BCUT2D eigenvalue weighted by Crippen LogP contribution is -2.71. The summed E-state index contributed by atoms with van der Waals surface area (Å²) < 4.78 is 56.5. The molecular formula is C47H56N8O13S2. The van der Waals surface area contributed by atoms with Gasteiger partial charge in [-0.05, 0) is 97.2 Å². The molecule has 4 aromatic rings. The number of β-lactam (4-membered cyclic amide) rings is 1. The molecule has 6 rings (SSSR count). The largest absolute Gasteiger partial charge is 0.489 e. The Labute approximate surface area is 409 Å². The van der Waals surface area contributed by atoms with E-state index in [0.29, 0.717) is 41.1 Å². The number of thiazole rings is 1. The lowest BCUT2D eigenvalue weighted by Gasteiger charge is -2.42. The molecule has 2 aliphatic rings. The SMILES string of the molecule is Cc1sc(NC(=O)OC(C)(C)C)nc1/C(=N/OC(COc1ccc(C(N)=NC2CCN(C(=O)OC(C)(C)C)C2)cc1)C(=O)OC(c1ccccc1)c1ccccc1)C(=O)N[C@@H]1C(=O)N(S(=O)(=O)O)[C@H]1C. The number of aromatic nitrogens is 1. The third-order valence-electron chi connectivity index (χ3n) is 10.4. The summed E-state index contributed by atoms with van der Waals surface area (Å²) in [6.45, 7) is 13.5. The quantitative estimate of drug-likeness (QED) is 0.0204. The maximum atomic E-state index is 14.4. The zero-order valence-corrected chi connectivity index (χ0v) is 41.4. The molecule has 5 N–H and O–H groups in total. The number of amides is 4. The first-order valence-electron chi connectivity index (χ1n) is 22.0. The molecule has 2 aliphatic heterocycles. The van der Waals surface area contributed by atoms with Crippen molar-refractivity contribution in [2.45, 2.75) is 103 Å². The van der Waals surface area contributed by atoms with E-state index in [9.17, 15) is 36.9 Å². The number of nitrogens with zero attached hydrogens (tertiary/aromatic N) is 5. The molecule has 3 aromatic carbocycles. The topological polar surface area (TPSA) is 280 Å². The van der Waals surface area contributed by atoms with E-state index >= 15 is 0 Å². The highest BCUT2D eigenvalue weighted by atomic mass is 32.2. The Bertz CT molecular complexity index is 2680. The molecule has 23 heteroatoms. The van der Waals surface area contributed by atoms with Gasteiger partial charge in [-0.1, -0.05) is 65.8 Å². The number of benzene rings is 3. The van der Waals surface area contributed by atoms with E-state index in [4.69, 9.17) is 29.5 Å². The molecule has 2 fully saturated rings. The van der Waals surface area contributed by atoms with E-state index in [0.717, 1.165) is 11.3 Å². The molecule has 0 saturated carbocycles. The zero-order valence-electron chi connectivity index (χ0n) is 39.8. The van der Waals surface area contributed by atoms with Crippen molar-refractivity contribution in [1.82, 2.24) is 19.5 Å². The molecule has 0 aliphatic carbocycles. The standard InChI is InChI=1S/C47H56N8O13S2/c1-27-35(41(57)55(27)70(61,62)63)50-40(56)37(36-28(2)69-43(51-36)52-44(59)66-46(3,4)5)53-68-34(42(58)65-38(29-15-11-9-12-16-29)30-17-13-10-14-18-30)26-64-33-21-19-31(20-22-33)39(48)49-32-23-24-54(25-32)45(60)67-47(6,7)8/h9-22,27,32,34-35,38H,23-26H2,1-8H3,(H2,48,49)(H,50,56)(H,51,52,59)(H,61,62,63)/b53-37-/t27-,32?,34?,35-/m0/s1. The van der Waals surface area contributed by atoms with E-state index in [1.54, 1.807) is 138 Å². The number of oxime groups is 1. The van der Waals surface area contributed by atoms with Crippen LogP contribution in [0.4, 0.5) is 14.7 Å². The van der Waals surface area contributed by atoms with Gasteiger partial charge in [0.2, 0.25) is 0 Å². The Kier molecular flexibility index (Phi) is 16.2. The maximum absolute atomic E-state index is 14.4. The highest BCUT2D eigenvalue weighted by Gasteiger charge is 2.52. The van der Waals surface area contributed by atoms with Crippen LogP contribution in [0.3, 0.4) is 0 Å². The smallest absolute Gasteiger partial charge is 0.413 e. The summed E-state index contributed by atoms with van der Waals surface area (Å²) >= 11 is 0.943. The number of carbonyl (C=O) groups excluding carboxylic acids is 5. The number of aryl methyl sites for hydroxylation is 1. The van der Waals surface area contributed by atoms with Crippen molar-refractivity contribution < 1.29 is 60.7 Å². The predicted molar refractivity (Wildman–Crippen MR) is 258 cm³/mol. The van der Waals surface area contributed by atoms with Gasteiger partial charge in [-0.2, -0.15) is 8.42 Å². The van der Waals surface area contributed by atoms with Crippen LogP contribution in [-0.2, 0) is 43.7 Å². The number of rotatable bonds is 16. The summed E-state index contributed by atoms with van der Waals surface area (Å²) in [7, 11) is -4.94.